The molecule has 0 rings (SSSR count). The molecule has 0 aromatic rings. The molecule has 0 spiro atoms. The van der Waals surface area contributed by atoms with Gasteiger partial charge in [-0.15, -0.1) is 4.67 Å². The lowest BCUT2D eigenvalue weighted by Crippen LogP contribution is -1.94. The molecule has 5 heteroatoms. The van der Waals surface area contributed by atoms with Gasteiger partial charge in [0.25, 0.3) is 0 Å². The van der Waals surface area contributed by atoms with E-state index in [0.29, 0.717) is 12.3 Å². The van der Waals surface area contributed by atoms with E-state index in [2.05, 4.69) is 9.71 Å². The van der Waals surface area contributed by atoms with Crippen molar-refractivity contribution in [3.05, 3.63) is 0 Å². The molecular formula is C4H11O4P. The van der Waals surface area contributed by atoms with Gasteiger partial charge < -0.3 is 0 Å². The van der Waals surface area contributed by atoms with Crippen LogP contribution < -0.4 is 0 Å². The predicted octanol–water partition coefficient (Wildman–Crippen LogP) is 1.73. The van der Waals surface area contributed by atoms with E-state index in [4.69, 9.17) is 5.26 Å². The van der Waals surface area contributed by atoms with Crippen molar-refractivity contribution in [2.75, 3.05) is 12.3 Å². The fourth-order valence-corrected chi connectivity index (χ4v) is 1.17. The Balaban J connectivity index is 3.78. The fourth-order valence-electron chi connectivity index (χ4n) is 0.390. The summed E-state index contributed by atoms with van der Waals surface area (Å²) in [5, 5.41) is 11.1. The summed E-state index contributed by atoms with van der Waals surface area (Å²) >= 11 is 0. The molecule has 0 bridgehead atoms. The van der Waals surface area contributed by atoms with Gasteiger partial charge in [0, 0.05) is 12.3 Å². The van der Waals surface area contributed by atoms with Crippen molar-refractivity contribution in [3.8, 4) is 0 Å². The SMILES string of the molecule is CCP(=O)(CC)OOO. The van der Waals surface area contributed by atoms with Crippen molar-refractivity contribution in [2.24, 2.45) is 0 Å². The average Bonchev–Trinajstić information content (AvgIpc) is 1.89. The van der Waals surface area contributed by atoms with Crippen LogP contribution in [0.4, 0.5) is 0 Å². The molecule has 9 heavy (non-hydrogen) atoms. The zero-order valence-corrected chi connectivity index (χ0v) is 6.43. The second-order valence-electron chi connectivity index (χ2n) is 1.60. The monoisotopic (exact) mass is 154 g/mol. The van der Waals surface area contributed by atoms with Crippen LogP contribution in [-0.4, -0.2) is 17.6 Å². The molecule has 0 aromatic carbocycles. The highest BCUT2D eigenvalue weighted by Gasteiger charge is 2.18. The van der Waals surface area contributed by atoms with Gasteiger partial charge in [0.05, 0.1) is 0 Å². The van der Waals surface area contributed by atoms with E-state index in [1.807, 2.05) is 0 Å². The largest absolute Gasteiger partial charge is 0.290 e. The van der Waals surface area contributed by atoms with Crippen LogP contribution in [-0.2, 0) is 14.3 Å². The maximum Gasteiger partial charge on any atom is 0.238 e. The molecule has 0 amide bonds. The molecule has 56 valence electrons. The predicted molar refractivity (Wildman–Crippen MR) is 33.5 cm³/mol. The van der Waals surface area contributed by atoms with Crippen LogP contribution in [0.2, 0.25) is 0 Å². The molecular weight excluding hydrogens is 143 g/mol. The van der Waals surface area contributed by atoms with Crippen LogP contribution in [0.3, 0.4) is 0 Å². The van der Waals surface area contributed by atoms with Crippen LogP contribution in [0.25, 0.3) is 0 Å². The van der Waals surface area contributed by atoms with Gasteiger partial charge in [-0.3, -0.25) is 4.57 Å². The molecule has 1 N–H and O–H groups in total. The number of rotatable bonds is 4. The Morgan fingerprint density at radius 1 is 1.44 bits per heavy atom. The van der Waals surface area contributed by atoms with E-state index in [9.17, 15) is 4.57 Å². The zero-order chi connectivity index (χ0) is 7.33. The van der Waals surface area contributed by atoms with E-state index < -0.39 is 7.37 Å². The number of hydrogen-bond acceptors (Lipinski definition) is 4. The van der Waals surface area contributed by atoms with Crippen molar-refractivity contribution < 1.29 is 19.5 Å². The Kier molecular flexibility index (Phi) is 4.06. The lowest BCUT2D eigenvalue weighted by atomic mass is 11.0. The zero-order valence-electron chi connectivity index (χ0n) is 5.53. The van der Waals surface area contributed by atoms with Crippen LogP contribution >= 0.6 is 7.37 Å². The summed E-state index contributed by atoms with van der Waals surface area (Å²) < 4.78 is 15.2. The molecule has 0 atom stereocenters. The molecule has 0 radical (unpaired) electrons. The van der Waals surface area contributed by atoms with Crippen LogP contribution in [0.5, 0.6) is 0 Å². The van der Waals surface area contributed by atoms with Crippen molar-refractivity contribution in [3.63, 3.8) is 0 Å². The van der Waals surface area contributed by atoms with Crippen molar-refractivity contribution in [1.82, 2.24) is 0 Å². The molecule has 0 saturated carbocycles. The summed E-state index contributed by atoms with van der Waals surface area (Å²) in [5.74, 6) is 0. The van der Waals surface area contributed by atoms with Gasteiger partial charge in [-0.2, -0.15) is 0 Å². The Bertz CT molecular complexity index is 105. The Morgan fingerprint density at radius 3 is 2.00 bits per heavy atom. The lowest BCUT2D eigenvalue weighted by Gasteiger charge is -2.08. The molecule has 0 saturated heterocycles. The molecule has 0 aliphatic heterocycles. The molecule has 0 unspecified atom stereocenters. The third-order valence-corrected chi connectivity index (χ3v) is 3.40. The minimum atomic E-state index is -2.65. The van der Waals surface area contributed by atoms with Crippen LogP contribution in [0, 0.1) is 0 Å². The Morgan fingerprint density at radius 2 is 1.89 bits per heavy atom. The van der Waals surface area contributed by atoms with Crippen molar-refractivity contribution >= 4 is 7.37 Å². The second-order valence-corrected chi connectivity index (χ2v) is 4.64. The van der Waals surface area contributed by atoms with E-state index >= 15 is 0 Å². The smallest absolute Gasteiger partial charge is 0.238 e. The lowest BCUT2D eigenvalue weighted by molar-refractivity contribution is -0.439. The highest BCUT2D eigenvalue weighted by Crippen LogP contribution is 2.45. The quantitative estimate of drug-likeness (QED) is 0.380. The van der Waals surface area contributed by atoms with Gasteiger partial charge in [-0.25, -0.2) is 5.26 Å². The van der Waals surface area contributed by atoms with Gasteiger partial charge in [0.1, 0.15) is 0 Å². The summed E-state index contributed by atoms with van der Waals surface area (Å²) in [4.78, 5) is 0. The molecule has 0 fully saturated rings. The molecule has 0 aliphatic carbocycles. The second kappa shape index (κ2) is 4.01. The summed E-state index contributed by atoms with van der Waals surface area (Å²) in [6.07, 6.45) is 0.758. The van der Waals surface area contributed by atoms with Crippen molar-refractivity contribution in [1.29, 1.82) is 0 Å². The Labute approximate surface area is 54.1 Å². The fraction of sp³-hybridized carbons (Fsp3) is 1.00. The Hall–Kier alpha value is 0.110. The highest BCUT2D eigenvalue weighted by atomic mass is 31.2. The molecule has 0 aromatic heterocycles. The molecule has 0 heterocycles. The maximum atomic E-state index is 11.0. The average molecular weight is 154 g/mol. The van der Waals surface area contributed by atoms with Gasteiger partial charge in [0.15, 0.2) is 0 Å². The third-order valence-electron chi connectivity index (χ3n) is 1.13. The van der Waals surface area contributed by atoms with Gasteiger partial charge in [-0.1, -0.05) is 18.9 Å². The van der Waals surface area contributed by atoms with Crippen LogP contribution in [0.15, 0.2) is 0 Å². The first-order chi connectivity index (χ1) is 4.18. The summed E-state index contributed by atoms with van der Waals surface area (Å²) in [6.45, 7) is 3.42. The van der Waals surface area contributed by atoms with Gasteiger partial charge in [0.2, 0.25) is 7.37 Å². The number of hydrogen-bond donors (Lipinski definition) is 1. The summed E-state index contributed by atoms with van der Waals surface area (Å²) in [7, 11) is -2.65. The van der Waals surface area contributed by atoms with E-state index in [1.54, 1.807) is 13.8 Å². The van der Waals surface area contributed by atoms with Gasteiger partial charge >= 0.3 is 0 Å². The highest BCUT2D eigenvalue weighted by molar-refractivity contribution is 7.58. The van der Waals surface area contributed by atoms with Crippen molar-refractivity contribution in [2.45, 2.75) is 13.8 Å². The maximum absolute atomic E-state index is 11.0. The topological polar surface area (TPSA) is 55.8 Å². The van der Waals surface area contributed by atoms with E-state index in [1.165, 1.54) is 0 Å². The minimum absolute atomic E-state index is 0.379. The minimum Gasteiger partial charge on any atom is -0.290 e. The standard InChI is InChI=1S/C4H11O4P/c1-3-9(6,4-2)8-7-5/h5H,3-4H2,1-2H3. The molecule has 4 nitrogen and oxygen atoms in total. The summed E-state index contributed by atoms with van der Waals surface area (Å²) in [5.41, 5.74) is 0. The first-order valence-electron chi connectivity index (χ1n) is 2.76. The van der Waals surface area contributed by atoms with Gasteiger partial charge in [-0.05, 0) is 0 Å². The first-order valence-corrected chi connectivity index (χ1v) is 4.76. The normalized spacial score (nSPS) is 11.9. The van der Waals surface area contributed by atoms with E-state index in [-0.39, 0.29) is 0 Å². The van der Waals surface area contributed by atoms with Crippen LogP contribution in [0.1, 0.15) is 13.8 Å². The van der Waals surface area contributed by atoms with E-state index in [0.717, 1.165) is 0 Å². The summed E-state index contributed by atoms with van der Waals surface area (Å²) in [6, 6.07) is 0. The third kappa shape index (κ3) is 2.96. The molecule has 0 aliphatic rings. The first kappa shape index (κ1) is 9.11.